The second-order valence-corrected chi connectivity index (χ2v) is 7.15. The number of halogens is 3. The van der Waals surface area contributed by atoms with Crippen molar-refractivity contribution in [2.75, 3.05) is 6.61 Å². The zero-order valence-electron chi connectivity index (χ0n) is 16.8. The monoisotopic (exact) mass is 449 g/mol. The van der Waals surface area contributed by atoms with Crippen LogP contribution in [-0.2, 0) is 6.54 Å². The highest BCUT2D eigenvalue weighted by Crippen LogP contribution is 2.30. The number of aromatic nitrogens is 2. The van der Waals surface area contributed by atoms with E-state index in [4.69, 9.17) is 9.47 Å². The molecule has 4 rings (SSSR count). The molecule has 0 saturated heterocycles. The van der Waals surface area contributed by atoms with Gasteiger partial charge in [0.1, 0.15) is 29.9 Å². The third-order valence-electron chi connectivity index (χ3n) is 4.99. The summed E-state index contributed by atoms with van der Waals surface area (Å²) in [5, 5.41) is 11.0. The second kappa shape index (κ2) is 8.40. The Morgan fingerprint density at radius 2 is 1.72 bits per heavy atom. The fraction of sp³-hybridized carbons (Fsp3) is 0.286. The molecular formula is C21H18F3N3O5. The highest BCUT2D eigenvalue weighted by Gasteiger charge is 2.32. The van der Waals surface area contributed by atoms with Gasteiger partial charge < -0.3 is 24.3 Å². The number of hydrogen-bond donors (Lipinski definition) is 0. The average Bonchev–Trinajstić information content (AvgIpc) is 3.08. The maximum absolute atomic E-state index is 12.3. The molecule has 2 heterocycles. The lowest BCUT2D eigenvalue weighted by Crippen LogP contribution is -2.31. The topological polar surface area (TPSA) is 88.7 Å². The van der Waals surface area contributed by atoms with Crippen LogP contribution in [-0.4, -0.2) is 33.5 Å². The molecule has 0 radical (unpaired) electrons. The van der Waals surface area contributed by atoms with Crippen molar-refractivity contribution in [3.63, 3.8) is 0 Å². The van der Waals surface area contributed by atoms with Gasteiger partial charge >= 0.3 is 18.2 Å². The Bertz CT molecular complexity index is 1110. The van der Waals surface area contributed by atoms with E-state index in [2.05, 4.69) is 9.72 Å². The molecule has 8 nitrogen and oxygen atoms in total. The van der Waals surface area contributed by atoms with Crippen LogP contribution in [0.25, 0.3) is 11.1 Å². The Kier molecular flexibility index (Phi) is 5.64. The largest absolute Gasteiger partial charge is 0.573 e. The third-order valence-corrected chi connectivity index (χ3v) is 4.99. The van der Waals surface area contributed by atoms with Crippen LogP contribution in [0.4, 0.5) is 19.0 Å². The Labute approximate surface area is 180 Å². The third kappa shape index (κ3) is 4.76. The van der Waals surface area contributed by atoms with Crippen molar-refractivity contribution < 1.29 is 32.3 Å². The van der Waals surface area contributed by atoms with Gasteiger partial charge in [0.05, 0.1) is 0 Å². The summed E-state index contributed by atoms with van der Waals surface area (Å²) in [4.78, 5) is 14.4. The summed E-state index contributed by atoms with van der Waals surface area (Å²) in [5.74, 6) is 0.0930. The van der Waals surface area contributed by atoms with Crippen molar-refractivity contribution in [1.29, 1.82) is 0 Å². The van der Waals surface area contributed by atoms with Gasteiger partial charge in [0.2, 0.25) is 0 Å². The Hall–Kier alpha value is -3.76. The molecule has 0 aliphatic carbocycles. The molecule has 1 atom stereocenters. The van der Waals surface area contributed by atoms with E-state index in [-0.39, 0.29) is 30.3 Å². The molecule has 11 heteroatoms. The zero-order chi connectivity index (χ0) is 22.9. The molecule has 0 saturated carbocycles. The van der Waals surface area contributed by atoms with Crippen LogP contribution in [0.2, 0.25) is 0 Å². The summed E-state index contributed by atoms with van der Waals surface area (Å²) < 4.78 is 53.8. The quantitative estimate of drug-likeness (QED) is 0.393. The van der Waals surface area contributed by atoms with Gasteiger partial charge in [-0.25, -0.2) is 0 Å². The van der Waals surface area contributed by atoms with E-state index in [1.807, 2.05) is 0 Å². The van der Waals surface area contributed by atoms with Gasteiger partial charge in [0.25, 0.3) is 0 Å². The average molecular weight is 449 g/mol. The number of rotatable bonds is 6. The fourth-order valence-electron chi connectivity index (χ4n) is 3.40. The molecule has 0 spiro atoms. The van der Waals surface area contributed by atoms with Gasteiger partial charge in [-0.2, -0.15) is 0 Å². The van der Waals surface area contributed by atoms with Gasteiger partial charge in [-0.1, -0.05) is 24.3 Å². The molecule has 32 heavy (non-hydrogen) atoms. The molecule has 3 aromatic rings. The number of imidazole rings is 1. The van der Waals surface area contributed by atoms with Crippen molar-refractivity contribution in [2.24, 2.45) is 0 Å². The maximum atomic E-state index is 12.3. The first kappa shape index (κ1) is 21.5. The van der Waals surface area contributed by atoms with Gasteiger partial charge in [-0.15, -0.1) is 13.2 Å². The summed E-state index contributed by atoms with van der Waals surface area (Å²) in [6, 6.07) is 12.9. The number of alkyl halides is 3. The van der Waals surface area contributed by atoms with E-state index < -0.39 is 11.3 Å². The van der Waals surface area contributed by atoms with Gasteiger partial charge in [-0.3, -0.25) is 4.57 Å². The van der Waals surface area contributed by atoms with Crippen LogP contribution in [0.1, 0.15) is 12.1 Å². The van der Waals surface area contributed by atoms with Crippen molar-refractivity contribution in [3.8, 4) is 28.6 Å². The van der Waals surface area contributed by atoms with E-state index in [9.17, 15) is 23.3 Å². The Balaban J connectivity index is 1.34. The molecule has 0 N–H and O–H groups in total. The summed E-state index contributed by atoms with van der Waals surface area (Å²) >= 11 is 0. The standard InChI is InChI=1S/C21H18F3N3O5/c1-13-19(27(28)29)25-20-26(13)11-10-18(31-20)12-30-16-6-2-14(3-7-16)15-4-8-17(9-5-15)32-21(22,23)24/h2-9,18H,10-12H2,1H3. The minimum Gasteiger partial charge on any atom is -0.490 e. The lowest BCUT2D eigenvalue weighted by Gasteiger charge is -2.22. The van der Waals surface area contributed by atoms with Crippen LogP contribution in [0.3, 0.4) is 0 Å². The van der Waals surface area contributed by atoms with Crippen LogP contribution < -0.4 is 14.2 Å². The van der Waals surface area contributed by atoms with Crippen molar-refractivity contribution in [2.45, 2.75) is 32.4 Å². The number of nitro groups is 1. The minimum absolute atomic E-state index is 0.211. The normalized spacial score (nSPS) is 15.6. The van der Waals surface area contributed by atoms with Crippen molar-refractivity contribution in [3.05, 3.63) is 64.3 Å². The van der Waals surface area contributed by atoms with Crippen molar-refractivity contribution >= 4 is 5.82 Å². The first-order valence-electron chi connectivity index (χ1n) is 9.67. The van der Waals surface area contributed by atoms with E-state index in [1.165, 1.54) is 24.3 Å². The first-order chi connectivity index (χ1) is 15.2. The SMILES string of the molecule is Cc1c([N+](=O)[O-])nc2n1CCC(COc1ccc(-c3ccc(OC(F)(F)F)cc3)cc1)O2. The van der Waals surface area contributed by atoms with Crippen LogP contribution in [0.15, 0.2) is 48.5 Å². The smallest absolute Gasteiger partial charge is 0.490 e. The second-order valence-electron chi connectivity index (χ2n) is 7.15. The zero-order valence-corrected chi connectivity index (χ0v) is 16.8. The minimum atomic E-state index is -4.73. The van der Waals surface area contributed by atoms with Gasteiger partial charge in [0, 0.05) is 17.9 Å². The number of nitrogens with zero attached hydrogens (tertiary/aromatic N) is 3. The summed E-state index contributed by atoms with van der Waals surface area (Å²) in [5.41, 5.74) is 1.98. The number of ether oxygens (including phenoxy) is 3. The van der Waals surface area contributed by atoms with Crippen molar-refractivity contribution in [1.82, 2.24) is 9.55 Å². The van der Waals surface area contributed by atoms with Crippen LogP contribution in [0.5, 0.6) is 17.5 Å². The number of fused-ring (bicyclic) bond motifs is 1. The number of benzene rings is 2. The molecule has 168 valence electrons. The lowest BCUT2D eigenvalue weighted by atomic mass is 10.1. The summed E-state index contributed by atoms with van der Waals surface area (Å²) in [6.45, 7) is 2.42. The highest BCUT2D eigenvalue weighted by molar-refractivity contribution is 5.64. The molecule has 1 aliphatic heterocycles. The van der Waals surface area contributed by atoms with Gasteiger partial charge in [0.15, 0.2) is 0 Å². The van der Waals surface area contributed by atoms with E-state index in [0.717, 1.165) is 11.1 Å². The Morgan fingerprint density at radius 1 is 1.12 bits per heavy atom. The molecule has 2 aromatic carbocycles. The Morgan fingerprint density at radius 3 is 2.28 bits per heavy atom. The fourth-order valence-corrected chi connectivity index (χ4v) is 3.40. The van der Waals surface area contributed by atoms with E-state index >= 15 is 0 Å². The van der Waals surface area contributed by atoms with Crippen LogP contribution in [0, 0.1) is 17.0 Å². The molecule has 0 fully saturated rings. The molecule has 1 aliphatic rings. The molecule has 1 unspecified atom stereocenters. The predicted molar refractivity (Wildman–Crippen MR) is 107 cm³/mol. The van der Waals surface area contributed by atoms with Crippen LogP contribution >= 0.6 is 0 Å². The molecule has 0 amide bonds. The van der Waals surface area contributed by atoms with E-state index in [0.29, 0.717) is 24.4 Å². The number of hydrogen-bond acceptors (Lipinski definition) is 6. The predicted octanol–water partition coefficient (Wildman–Crippen LogP) is 4.90. The molecule has 0 bridgehead atoms. The lowest BCUT2D eigenvalue weighted by molar-refractivity contribution is -0.390. The van der Waals surface area contributed by atoms with Gasteiger partial charge in [-0.05, 0) is 47.2 Å². The molecule has 1 aromatic heterocycles. The molecular weight excluding hydrogens is 431 g/mol. The van der Waals surface area contributed by atoms with E-state index in [1.54, 1.807) is 35.8 Å². The maximum Gasteiger partial charge on any atom is 0.573 e. The summed E-state index contributed by atoms with van der Waals surface area (Å²) in [6.07, 6.45) is -4.41. The summed E-state index contributed by atoms with van der Waals surface area (Å²) in [7, 11) is 0. The highest BCUT2D eigenvalue weighted by atomic mass is 19.4. The first-order valence-corrected chi connectivity index (χ1v) is 9.67.